The minimum absolute atomic E-state index is 0.125. The second-order valence-corrected chi connectivity index (χ2v) is 7.55. The average molecular weight is 413 g/mol. The molecule has 0 saturated heterocycles. The molecule has 2 aromatic carbocycles. The van der Waals surface area contributed by atoms with Crippen LogP contribution in [0.2, 0.25) is 0 Å². The highest BCUT2D eigenvalue weighted by Gasteiger charge is 2.21. The van der Waals surface area contributed by atoms with Crippen LogP contribution in [0.5, 0.6) is 23.0 Å². The van der Waals surface area contributed by atoms with Gasteiger partial charge in [-0.15, -0.1) is 0 Å². The van der Waals surface area contributed by atoms with E-state index in [0.717, 1.165) is 40.5 Å². The molecule has 4 rings (SSSR count). The number of amides is 2. The van der Waals surface area contributed by atoms with Gasteiger partial charge in [0, 0.05) is 19.1 Å². The Morgan fingerprint density at radius 3 is 2.67 bits per heavy atom. The molecular weight excluding hydrogens is 386 g/mol. The first-order valence-corrected chi connectivity index (χ1v) is 10.0. The number of para-hydroxylation sites is 1. The molecule has 0 radical (unpaired) electrons. The van der Waals surface area contributed by atoms with E-state index in [1.807, 2.05) is 50.5 Å². The van der Waals surface area contributed by atoms with Crippen LogP contribution in [0.4, 0.5) is 4.79 Å². The lowest BCUT2D eigenvalue weighted by Crippen LogP contribution is -2.45. The van der Waals surface area contributed by atoms with Crippen LogP contribution >= 0.6 is 0 Å². The molecule has 8 nitrogen and oxygen atoms in total. The summed E-state index contributed by atoms with van der Waals surface area (Å²) in [5.41, 5.74) is 2.17. The van der Waals surface area contributed by atoms with Gasteiger partial charge in [-0.1, -0.05) is 18.2 Å². The van der Waals surface area contributed by atoms with Gasteiger partial charge < -0.3 is 34.5 Å². The summed E-state index contributed by atoms with van der Waals surface area (Å²) in [6.07, 6.45) is 1.46. The van der Waals surface area contributed by atoms with Crippen LogP contribution in [-0.2, 0) is 12.8 Å². The van der Waals surface area contributed by atoms with Crippen LogP contribution in [0.1, 0.15) is 11.1 Å². The van der Waals surface area contributed by atoms with Gasteiger partial charge in [-0.3, -0.25) is 0 Å². The van der Waals surface area contributed by atoms with Gasteiger partial charge in [-0.2, -0.15) is 0 Å². The fourth-order valence-corrected chi connectivity index (χ4v) is 3.53. The van der Waals surface area contributed by atoms with Crippen LogP contribution < -0.4 is 29.6 Å². The average Bonchev–Trinajstić information content (AvgIpc) is 3.40. The molecule has 160 valence electrons. The molecule has 30 heavy (non-hydrogen) atoms. The molecule has 2 amide bonds. The quantitative estimate of drug-likeness (QED) is 0.690. The van der Waals surface area contributed by atoms with Crippen molar-refractivity contribution >= 4 is 6.03 Å². The van der Waals surface area contributed by atoms with E-state index in [4.69, 9.17) is 18.9 Å². The number of ether oxygens (including phenoxy) is 4. The van der Waals surface area contributed by atoms with Gasteiger partial charge in [-0.05, 0) is 56.3 Å². The van der Waals surface area contributed by atoms with E-state index in [9.17, 15) is 4.79 Å². The third-order valence-corrected chi connectivity index (χ3v) is 5.30. The Kier molecular flexibility index (Phi) is 6.13. The molecule has 0 saturated carbocycles. The molecule has 2 aromatic rings. The summed E-state index contributed by atoms with van der Waals surface area (Å²) in [6, 6.07) is 11.7. The van der Waals surface area contributed by atoms with Gasteiger partial charge in [0.15, 0.2) is 23.0 Å². The van der Waals surface area contributed by atoms with Gasteiger partial charge in [0.05, 0.1) is 0 Å². The SMILES string of the molecule is CN(C)[C@H](CNC(=O)NCCc1ccc2c(c1)OCO2)Cc1cccc2c1OCO2. The highest BCUT2D eigenvalue weighted by Crippen LogP contribution is 2.36. The molecule has 0 spiro atoms. The van der Waals surface area contributed by atoms with Crippen molar-refractivity contribution < 1.29 is 23.7 Å². The summed E-state index contributed by atoms with van der Waals surface area (Å²) in [6.45, 7) is 1.57. The molecule has 2 aliphatic heterocycles. The number of urea groups is 1. The summed E-state index contributed by atoms with van der Waals surface area (Å²) in [7, 11) is 4.01. The zero-order valence-corrected chi connectivity index (χ0v) is 17.3. The van der Waals surface area contributed by atoms with Crippen molar-refractivity contribution in [2.24, 2.45) is 0 Å². The number of fused-ring (bicyclic) bond motifs is 2. The van der Waals surface area contributed by atoms with E-state index in [2.05, 4.69) is 15.5 Å². The maximum Gasteiger partial charge on any atom is 0.314 e. The zero-order valence-electron chi connectivity index (χ0n) is 17.3. The van der Waals surface area contributed by atoms with Crippen molar-refractivity contribution in [2.45, 2.75) is 18.9 Å². The number of carbonyl (C=O) groups is 1. The first-order valence-electron chi connectivity index (χ1n) is 10.0. The third-order valence-electron chi connectivity index (χ3n) is 5.30. The second-order valence-electron chi connectivity index (χ2n) is 7.55. The maximum atomic E-state index is 12.3. The molecule has 2 heterocycles. The molecule has 0 unspecified atom stereocenters. The monoisotopic (exact) mass is 413 g/mol. The Bertz CT molecular complexity index is 902. The fourth-order valence-electron chi connectivity index (χ4n) is 3.53. The van der Waals surface area contributed by atoms with Crippen molar-refractivity contribution in [3.8, 4) is 23.0 Å². The van der Waals surface area contributed by atoms with E-state index in [-0.39, 0.29) is 25.7 Å². The molecule has 0 aliphatic carbocycles. The van der Waals surface area contributed by atoms with Crippen molar-refractivity contribution in [3.05, 3.63) is 47.5 Å². The number of rotatable bonds is 8. The minimum atomic E-state index is -0.180. The highest BCUT2D eigenvalue weighted by molar-refractivity contribution is 5.73. The van der Waals surface area contributed by atoms with Crippen molar-refractivity contribution in [3.63, 3.8) is 0 Å². The number of hydrogen-bond donors (Lipinski definition) is 2. The van der Waals surface area contributed by atoms with Crippen LogP contribution in [0.25, 0.3) is 0 Å². The first-order chi connectivity index (χ1) is 14.6. The lowest BCUT2D eigenvalue weighted by Gasteiger charge is -2.25. The predicted molar refractivity (Wildman–Crippen MR) is 111 cm³/mol. The Morgan fingerprint density at radius 2 is 1.80 bits per heavy atom. The summed E-state index contributed by atoms with van der Waals surface area (Å²) in [4.78, 5) is 14.4. The molecule has 1 atom stereocenters. The van der Waals surface area contributed by atoms with Gasteiger partial charge in [0.25, 0.3) is 0 Å². The van der Waals surface area contributed by atoms with Crippen LogP contribution in [0, 0.1) is 0 Å². The van der Waals surface area contributed by atoms with Gasteiger partial charge >= 0.3 is 6.03 Å². The number of benzene rings is 2. The third kappa shape index (κ3) is 4.71. The predicted octanol–water partition coefficient (Wildman–Crippen LogP) is 2.16. The van der Waals surface area contributed by atoms with Crippen molar-refractivity contribution in [1.82, 2.24) is 15.5 Å². The largest absolute Gasteiger partial charge is 0.454 e. The van der Waals surface area contributed by atoms with Crippen LogP contribution in [0.3, 0.4) is 0 Å². The standard InChI is InChI=1S/C22H27N3O5/c1-25(2)17(11-16-4-3-5-19-21(16)30-14-28-19)12-24-22(26)23-9-8-15-6-7-18-20(10-15)29-13-27-18/h3-7,10,17H,8-9,11-14H2,1-2H3,(H2,23,24,26)/t17-/m0/s1. The minimum Gasteiger partial charge on any atom is -0.454 e. The highest BCUT2D eigenvalue weighted by atomic mass is 16.7. The Hall–Kier alpha value is -3.13. The smallest absolute Gasteiger partial charge is 0.314 e. The second kappa shape index (κ2) is 9.13. The zero-order chi connectivity index (χ0) is 20.9. The molecule has 0 bridgehead atoms. The van der Waals surface area contributed by atoms with Gasteiger partial charge in [0.1, 0.15) is 0 Å². The Morgan fingerprint density at radius 1 is 1.00 bits per heavy atom. The Labute approximate surface area is 176 Å². The topological polar surface area (TPSA) is 81.3 Å². The van der Waals surface area contributed by atoms with Crippen molar-refractivity contribution in [1.29, 1.82) is 0 Å². The number of nitrogens with one attached hydrogen (secondary N) is 2. The number of nitrogens with zero attached hydrogens (tertiary/aromatic N) is 1. The normalized spacial score (nSPS) is 14.6. The van der Waals surface area contributed by atoms with Gasteiger partial charge in [-0.25, -0.2) is 4.79 Å². The molecule has 0 aromatic heterocycles. The molecule has 2 N–H and O–H groups in total. The van der Waals surface area contributed by atoms with Crippen LogP contribution in [0.15, 0.2) is 36.4 Å². The fraction of sp³-hybridized carbons (Fsp3) is 0.409. The lowest BCUT2D eigenvalue weighted by molar-refractivity contribution is 0.172. The molecule has 0 fully saturated rings. The first kappa shape index (κ1) is 20.2. The number of carbonyl (C=O) groups excluding carboxylic acids is 1. The van der Waals surface area contributed by atoms with E-state index in [1.165, 1.54) is 0 Å². The van der Waals surface area contributed by atoms with E-state index in [0.29, 0.717) is 19.5 Å². The Balaban J connectivity index is 1.24. The van der Waals surface area contributed by atoms with E-state index in [1.54, 1.807) is 0 Å². The number of hydrogen-bond acceptors (Lipinski definition) is 6. The van der Waals surface area contributed by atoms with Gasteiger partial charge in [0.2, 0.25) is 13.6 Å². The van der Waals surface area contributed by atoms with Crippen molar-refractivity contribution in [2.75, 3.05) is 40.8 Å². The molecule has 2 aliphatic rings. The lowest BCUT2D eigenvalue weighted by atomic mass is 10.0. The van der Waals surface area contributed by atoms with Crippen LogP contribution in [-0.4, -0.2) is 57.7 Å². The van der Waals surface area contributed by atoms with E-state index >= 15 is 0 Å². The summed E-state index contributed by atoms with van der Waals surface area (Å²) in [5.74, 6) is 3.10. The summed E-state index contributed by atoms with van der Waals surface area (Å²) < 4.78 is 21.8. The molecular formula is C22H27N3O5. The maximum absolute atomic E-state index is 12.3. The van der Waals surface area contributed by atoms with E-state index < -0.39 is 0 Å². The summed E-state index contributed by atoms with van der Waals surface area (Å²) in [5, 5.41) is 5.88. The summed E-state index contributed by atoms with van der Waals surface area (Å²) >= 11 is 0. The number of likely N-dealkylation sites (N-methyl/N-ethyl adjacent to an activating group) is 1. The molecule has 8 heteroatoms.